The van der Waals surface area contributed by atoms with Crippen molar-refractivity contribution >= 4 is 11.6 Å². The molecule has 2 fully saturated rings. The zero-order chi connectivity index (χ0) is 18.3. The fourth-order valence-corrected chi connectivity index (χ4v) is 4.07. The van der Waals surface area contributed by atoms with Crippen molar-refractivity contribution in [2.45, 2.75) is 25.6 Å². The lowest BCUT2D eigenvalue weighted by atomic mass is 9.81. The summed E-state index contributed by atoms with van der Waals surface area (Å²) < 4.78 is 13.9. The Kier molecular flexibility index (Phi) is 4.02. The fourth-order valence-electron chi connectivity index (χ4n) is 4.07. The highest BCUT2D eigenvalue weighted by Crippen LogP contribution is 2.42. The summed E-state index contributed by atoms with van der Waals surface area (Å²) in [6.07, 6.45) is 6.21. The van der Waals surface area contributed by atoms with Gasteiger partial charge in [0.2, 0.25) is 0 Å². The van der Waals surface area contributed by atoms with Gasteiger partial charge in [-0.3, -0.25) is 4.98 Å². The highest BCUT2D eigenvalue weighted by molar-refractivity contribution is 5.51. The fraction of sp³-hybridized carbons (Fsp3) is 0.474. The molecule has 27 heavy (non-hydrogen) atoms. The minimum Gasteiger partial charge on any atom is -0.376 e. The van der Waals surface area contributed by atoms with Gasteiger partial charge in [-0.25, -0.2) is 4.98 Å². The molecule has 1 spiro atoms. The number of aryl methyl sites for hydroxylation is 1. The largest absolute Gasteiger partial charge is 0.376 e. The first-order valence-electron chi connectivity index (χ1n) is 9.26. The summed E-state index contributed by atoms with van der Waals surface area (Å²) in [7, 11) is 0. The Labute approximate surface area is 157 Å². The minimum absolute atomic E-state index is 0.126. The van der Waals surface area contributed by atoms with Crippen molar-refractivity contribution in [2.75, 3.05) is 31.2 Å². The molecule has 0 amide bonds. The molecule has 1 atom stereocenters. The first-order chi connectivity index (χ1) is 13.2. The lowest BCUT2D eigenvalue weighted by molar-refractivity contribution is -0.0656. The number of nitrogens with zero attached hydrogens (tertiary/aromatic N) is 6. The summed E-state index contributed by atoms with van der Waals surface area (Å²) in [5.41, 5.74) is 1.91. The van der Waals surface area contributed by atoms with E-state index in [1.54, 1.807) is 17.0 Å². The van der Waals surface area contributed by atoms with Crippen LogP contribution in [-0.4, -0.2) is 56.5 Å². The molecule has 0 radical (unpaired) electrons. The molecular weight excluding hydrogens is 344 g/mol. The molecule has 2 aliphatic heterocycles. The molecule has 140 valence electrons. The van der Waals surface area contributed by atoms with Crippen LogP contribution in [0.3, 0.4) is 0 Å². The number of hydrogen-bond acceptors (Lipinski definition) is 7. The van der Waals surface area contributed by atoms with Gasteiger partial charge in [-0.1, -0.05) is 6.07 Å². The Hall–Kier alpha value is -2.58. The van der Waals surface area contributed by atoms with Crippen LogP contribution in [0.4, 0.5) is 5.82 Å². The van der Waals surface area contributed by atoms with Crippen molar-refractivity contribution in [3.05, 3.63) is 48.2 Å². The molecule has 0 bridgehead atoms. The van der Waals surface area contributed by atoms with Crippen molar-refractivity contribution < 1.29 is 9.47 Å². The van der Waals surface area contributed by atoms with Crippen molar-refractivity contribution in [2.24, 2.45) is 5.92 Å². The second-order valence-electron chi connectivity index (χ2n) is 7.36. The summed E-state index contributed by atoms with van der Waals surface area (Å²) in [6, 6.07) is 6.02. The van der Waals surface area contributed by atoms with Crippen LogP contribution in [0.2, 0.25) is 0 Å². The smallest absolute Gasteiger partial charge is 0.254 e. The Morgan fingerprint density at radius 2 is 2.30 bits per heavy atom. The third-order valence-corrected chi connectivity index (χ3v) is 5.51. The number of aromatic nitrogens is 5. The molecule has 3 aromatic heterocycles. The third-order valence-electron chi connectivity index (χ3n) is 5.51. The monoisotopic (exact) mass is 366 g/mol. The Morgan fingerprint density at radius 3 is 3.15 bits per heavy atom. The van der Waals surface area contributed by atoms with Crippen molar-refractivity contribution in [1.82, 2.24) is 24.6 Å². The van der Waals surface area contributed by atoms with E-state index in [1.807, 2.05) is 25.3 Å². The van der Waals surface area contributed by atoms with E-state index in [9.17, 15) is 0 Å². The predicted molar refractivity (Wildman–Crippen MR) is 98.4 cm³/mol. The maximum absolute atomic E-state index is 6.17. The summed E-state index contributed by atoms with van der Waals surface area (Å²) in [5.74, 6) is 2.06. The topological polar surface area (TPSA) is 77.7 Å². The molecule has 2 aliphatic rings. The van der Waals surface area contributed by atoms with Gasteiger partial charge >= 0.3 is 0 Å². The number of hydrogen-bond donors (Lipinski definition) is 0. The van der Waals surface area contributed by atoms with Crippen LogP contribution in [0.5, 0.6) is 0 Å². The average molecular weight is 366 g/mol. The van der Waals surface area contributed by atoms with Gasteiger partial charge in [-0.15, -0.1) is 0 Å². The zero-order valence-corrected chi connectivity index (χ0v) is 15.3. The van der Waals surface area contributed by atoms with Gasteiger partial charge in [0, 0.05) is 36.7 Å². The van der Waals surface area contributed by atoms with E-state index in [-0.39, 0.29) is 5.60 Å². The SMILES string of the molecule is Cc1cc(N2CC3(C2)OCC[C@H]3COCc2cccnc2)n2ncnc2n1. The Morgan fingerprint density at radius 1 is 1.37 bits per heavy atom. The molecule has 8 nitrogen and oxygen atoms in total. The van der Waals surface area contributed by atoms with Crippen LogP contribution < -0.4 is 4.90 Å². The van der Waals surface area contributed by atoms with Gasteiger partial charge in [-0.2, -0.15) is 14.6 Å². The van der Waals surface area contributed by atoms with Crippen molar-refractivity contribution in [1.29, 1.82) is 0 Å². The predicted octanol–water partition coefficient (Wildman–Crippen LogP) is 1.64. The van der Waals surface area contributed by atoms with E-state index >= 15 is 0 Å². The summed E-state index contributed by atoms with van der Waals surface area (Å²) in [4.78, 5) is 15.0. The molecule has 5 rings (SSSR count). The van der Waals surface area contributed by atoms with Gasteiger partial charge in [0.1, 0.15) is 17.7 Å². The van der Waals surface area contributed by atoms with Crippen LogP contribution in [0.15, 0.2) is 36.9 Å². The van der Waals surface area contributed by atoms with Gasteiger partial charge in [0.05, 0.1) is 26.3 Å². The number of anilines is 1. The molecular formula is C19H22N6O2. The molecule has 0 saturated carbocycles. The van der Waals surface area contributed by atoms with Crippen molar-refractivity contribution in [3.63, 3.8) is 0 Å². The molecule has 2 saturated heterocycles. The van der Waals surface area contributed by atoms with Crippen LogP contribution in [-0.2, 0) is 16.1 Å². The average Bonchev–Trinajstić information content (AvgIpc) is 3.27. The molecule has 8 heteroatoms. The maximum Gasteiger partial charge on any atom is 0.254 e. The van der Waals surface area contributed by atoms with E-state index in [0.29, 0.717) is 24.9 Å². The van der Waals surface area contributed by atoms with Gasteiger partial charge in [0.15, 0.2) is 0 Å². The number of fused-ring (bicyclic) bond motifs is 1. The van der Waals surface area contributed by atoms with Gasteiger partial charge in [-0.05, 0) is 25.0 Å². The first kappa shape index (κ1) is 16.6. The second kappa shape index (κ2) is 6.54. The molecule has 0 aliphatic carbocycles. The summed E-state index contributed by atoms with van der Waals surface area (Å²) in [6.45, 7) is 5.75. The normalized spacial score (nSPS) is 21.1. The molecule has 0 N–H and O–H groups in total. The third kappa shape index (κ3) is 2.94. The maximum atomic E-state index is 6.17. The van der Waals surface area contributed by atoms with Gasteiger partial charge < -0.3 is 14.4 Å². The summed E-state index contributed by atoms with van der Waals surface area (Å²) >= 11 is 0. The first-order valence-corrected chi connectivity index (χ1v) is 9.26. The lowest BCUT2D eigenvalue weighted by Gasteiger charge is -2.51. The zero-order valence-electron chi connectivity index (χ0n) is 15.3. The molecule has 0 aromatic carbocycles. The van der Waals surface area contributed by atoms with Crippen LogP contribution in [0.25, 0.3) is 5.78 Å². The second-order valence-corrected chi connectivity index (χ2v) is 7.36. The van der Waals surface area contributed by atoms with Crippen LogP contribution >= 0.6 is 0 Å². The van der Waals surface area contributed by atoms with Crippen molar-refractivity contribution in [3.8, 4) is 0 Å². The Bertz CT molecular complexity index is 938. The van der Waals surface area contributed by atoms with E-state index < -0.39 is 0 Å². The highest BCUT2D eigenvalue weighted by atomic mass is 16.5. The number of pyridine rings is 1. The Balaban J connectivity index is 1.25. The van der Waals surface area contributed by atoms with Crippen LogP contribution in [0.1, 0.15) is 17.7 Å². The van der Waals surface area contributed by atoms with E-state index in [1.165, 1.54) is 0 Å². The lowest BCUT2D eigenvalue weighted by Crippen LogP contribution is -2.66. The molecule has 0 unspecified atom stereocenters. The molecule has 3 aromatic rings. The van der Waals surface area contributed by atoms with E-state index in [4.69, 9.17) is 9.47 Å². The van der Waals surface area contributed by atoms with Gasteiger partial charge in [0.25, 0.3) is 5.78 Å². The standard InChI is InChI=1S/C19H22N6O2/c1-14-7-17(25-18(23-14)21-13-22-25)24-11-19(12-24)16(4-6-27-19)10-26-9-15-3-2-5-20-8-15/h2-3,5,7-8,13,16H,4,6,9-12H2,1H3/t16-/m0/s1. The number of rotatable bonds is 5. The van der Waals surface area contributed by atoms with Crippen LogP contribution in [0, 0.1) is 12.8 Å². The van der Waals surface area contributed by atoms with E-state index in [2.05, 4.69) is 31.0 Å². The highest BCUT2D eigenvalue weighted by Gasteiger charge is 2.53. The quantitative estimate of drug-likeness (QED) is 0.679. The van der Waals surface area contributed by atoms with E-state index in [0.717, 1.165) is 43.2 Å². The summed E-state index contributed by atoms with van der Waals surface area (Å²) in [5, 5.41) is 4.31. The molecule has 5 heterocycles. The number of ether oxygens (including phenoxy) is 2. The minimum atomic E-state index is -0.126.